The van der Waals surface area contributed by atoms with Crippen LogP contribution in [0.5, 0.6) is 0 Å². The number of aromatic amines is 1. The van der Waals surface area contributed by atoms with Crippen molar-refractivity contribution in [2.45, 2.75) is 18.8 Å². The molecule has 0 saturated carbocycles. The van der Waals surface area contributed by atoms with Gasteiger partial charge in [-0.2, -0.15) is 10.4 Å². The van der Waals surface area contributed by atoms with Gasteiger partial charge in [-0.15, -0.1) is 0 Å². The first-order chi connectivity index (χ1) is 12.7. The first kappa shape index (κ1) is 16.3. The number of H-pyrrole nitrogens is 1. The van der Waals surface area contributed by atoms with E-state index < -0.39 is 0 Å². The molecule has 6 heteroatoms. The molecule has 1 saturated heterocycles. The zero-order valence-corrected chi connectivity index (χ0v) is 14.2. The standard InChI is InChI=1S/C20H18FN5/c21-17-3-1-2-16(11-17)18-13-24-25-20(18)15-5-8-26(9-6-15)19-10-14(12-22)4-7-23-19/h1-4,7,10-11,13,15H,5-6,8-9H2,(H,24,25). The molecule has 1 aliphatic rings. The van der Waals surface area contributed by atoms with Crippen LogP contribution in [0.3, 0.4) is 0 Å². The first-order valence-corrected chi connectivity index (χ1v) is 8.65. The molecule has 0 unspecified atom stereocenters. The fourth-order valence-electron chi connectivity index (χ4n) is 3.55. The van der Waals surface area contributed by atoms with Crippen LogP contribution in [0, 0.1) is 17.1 Å². The molecular formula is C20H18FN5. The Morgan fingerprint density at radius 3 is 2.81 bits per heavy atom. The van der Waals surface area contributed by atoms with Crippen molar-refractivity contribution in [3.05, 3.63) is 65.9 Å². The second kappa shape index (κ2) is 6.96. The van der Waals surface area contributed by atoms with Gasteiger partial charge in [0, 0.05) is 36.5 Å². The molecule has 2 aromatic heterocycles. The van der Waals surface area contributed by atoms with E-state index in [4.69, 9.17) is 5.26 Å². The number of benzene rings is 1. The smallest absolute Gasteiger partial charge is 0.129 e. The molecule has 1 N–H and O–H groups in total. The monoisotopic (exact) mass is 347 g/mol. The Kier molecular flexibility index (Phi) is 4.36. The lowest BCUT2D eigenvalue weighted by Gasteiger charge is -2.32. The van der Waals surface area contributed by atoms with E-state index in [9.17, 15) is 4.39 Å². The van der Waals surface area contributed by atoms with Crippen LogP contribution in [-0.4, -0.2) is 28.3 Å². The zero-order valence-electron chi connectivity index (χ0n) is 14.2. The lowest BCUT2D eigenvalue weighted by atomic mass is 9.89. The van der Waals surface area contributed by atoms with Crippen molar-refractivity contribution in [3.63, 3.8) is 0 Å². The Hall–Kier alpha value is -3.20. The van der Waals surface area contributed by atoms with E-state index in [2.05, 4.69) is 26.2 Å². The maximum atomic E-state index is 13.6. The van der Waals surface area contributed by atoms with Gasteiger partial charge in [0.15, 0.2) is 0 Å². The summed E-state index contributed by atoms with van der Waals surface area (Å²) in [7, 11) is 0. The molecule has 0 amide bonds. The van der Waals surface area contributed by atoms with Gasteiger partial charge in [-0.3, -0.25) is 5.10 Å². The third kappa shape index (κ3) is 3.16. The molecule has 0 atom stereocenters. The average Bonchev–Trinajstić information content (AvgIpc) is 3.18. The van der Waals surface area contributed by atoms with Gasteiger partial charge in [-0.25, -0.2) is 9.37 Å². The Bertz CT molecular complexity index is 951. The normalized spacial score (nSPS) is 15.0. The number of rotatable bonds is 3. The molecule has 0 spiro atoms. The summed E-state index contributed by atoms with van der Waals surface area (Å²) < 4.78 is 13.6. The predicted octanol–water partition coefficient (Wildman–Crippen LogP) is 3.87. The SMILES string of the molecule is N#Cc1ccnc(N2CCC(c3[nH]ncc3-c3cccc(F)c3)CC2)c1. The number of nitrogens with zero attached hydrogens (tertiary/aromatic N) is 4. The van der Waals surface area contributed by atoms with E-state index in [0.717, 1.165) is 48.6 Å². The van der Waals surface area contributed by atoms with Gasteiger partial charge in [0.2, 0.25) is 0 Å². The van der Waals surface area contributed by atoms with E-state index in [1.54, 1.807) is 30.6 Å². The van der Waals surface area contributed by atoms with Gasteiger partial charge >= 0.3 is 0 Å². The van der Waals surface area contributed by atoms with Crippen LogP contribution in [0.2, 0.25) is 0 Å². The van der Waals surface area contributed by atoms with Crippen molar-refractivity contribution in [1.82, 2.24) is 15.2 Å². The summed E-state index contributed by atoms with van der Waals surface area (Å²) in [4.78, 5) is 6.59. The highest BCUT2D eigenvalue weighted by molar-refractivity contribution is 5.66. The number of aromatic nitrogens is 3. The highest BCUT2D eigenvalue weighted by Gasteiger charge is 2.25. The second-order valence-corrected chi connectivity index (χ2v) is 6.48. The van der Waals surface area contributed by atoms with Gasteiger partial charge in [-0.05, 0) is 42.7 Å². The first-order valence-electron chi connectivity index (χ1n) is 8.65. The number of halogens is 1. The number of hydrogen-bond donors (Lipinski definition) is 1. The number of piperidine rings is 1. The van der Waals surface area contributed by atoms with E-state index in [-0.39, 0.29) is 5.82 Å². The minimum atomic E-state index is -0.243. The molecule has 5 nitrogen and oxygen atoms in total. The van der Waals surface area contributed by atoms with Crippen molar-refractivity contribution < 1.29 is 4.39 Å². The minimum Gasteiger partial charge on any atom is -0.357 e. The zero-order chi connectivity index (χ0) is 17.9. The summed E-state index contributed by atoms with van der Waals surface area (Å²) in [6, 6.07) is 12.3. The maximum absolute atomic E-state index is 13.6. The maximum Gasteiger partial charge on any atom is 0.129 e. The van der Waals surface area contributed by atoms with Gasteiger partial charge in [0.25, 0.3) is 0 Å². The molecule has 3 aromatic rings. The van der Waals surface area contributed by atoms with Gasteiger partial charge in [0.1, 0.15) is 11.6 Å². The van der Waals surface area contributed by atoms with Crippen molar-refractivity contribution in [2.24, 2.45) is 0 Å². The molecular weight excluding hydrogens is 329 g/mol. The average molecular weight is 347 g/mol. The third-order valence-corrected chi connectivity index (χ3v) is 4.91. The summed E-state index contributed by atoms with van der Waals surface area (Å²) in [5.41, 5.74) is 3.50. The van der Waals surface area contributed by atoms with Crippen LogP contribution in [0.1, 0.15) is 30.0 Å². The van der Waals surface area contributed by atoms with Crippen LogP contribution in [0.15, 0.2) is 48.8 Å². The minimum absolute atomic E-state index is 0.243. The van der Waals surface area contributed by atoms with Crippen molar-refractivity contribution >= 4 is 5.82 Å². The summed E-state index contributed by atoms with van der Waals surface area (Å²) in [6.45, 7) is 1.71. The van der Waals surface area contributed by atoms with Gasteiger partial charge in [-0.1, -0.05) is 12.1 Å². The van der Waals surface area contributed by atoms with Crippen LogP contribution < -0.4 is 4.90 Å². The predicted molar refractivity (Wildman–Crippen MR) is 97.1 cm³/mol. The molecule has 130 valence electrons. The molecule has 26 heavy (non-hydrogen) atoms. The highest BCUT2D eigenvalue weighted by Crippen LogP contribution is 2.34. The van der Waals surface area contributed by atoms with Crippen molar-refractivity contribution in [2.75, 3.05) is 18.0 Å². The molecule has 1 aliphatic heterocycles. The Balaban J connectivity index is 1.51. The van der Waals surface area contributed by atoms with Crippen LogP contribution in [0.4, 0.5) is 10.2 Å². The van der Waals surface area contributed by atoms with Crippen LogP contribution in [-0.2, 0) is 0 Å². The summed E-state index contributed by atoms with van der Waals surface area (Å²) in [5.74, 6) is 0.941. The van der Waals surface area contributed by atoms with Crippen molar-refractivity contribution in [3.8, 4) is 17.2 Å². The lowest BCUT2D eigenvalue weighted by Crippen LogP contribution is -2.33. The third-order valence-electron chi connectivity index (χ3n) is 4.91. The molecule has 1 aromatic carbocycles. The fraction of sp³-hybridized carbons (Fsp3) is 0.250. The quantitative estimate of drug-likeness (QED) is 0.781. The lowest BCUT2D eigenvalue weighted by molar-refractivity contribution is 0.494. The molecule has 3 heterocycles. The molecule has 1 fully saturated rings. The highest BCUT2D eigenvalue weighted by atomic mass is 19.1. The largest absolute Gasteiger partial charge is 0.357 e. The van der Waals surface area contributed by atoms with E-state index >= 15 is 0 Å². The summed E-state index contributed by atoms with van der Waals surface area (Å²) >= 11 is 0. The van der Waals surface area contributed by atoms with Crippen LogP contribution in [0.25, 0.3) is 11.1 Å². The molecule has 0 aliphatic carbocycles. The van der Waals surface area contributed by atoms with E-state index in [0.29, 0.717) is 11.5 Å². The van der Waals surface area contributed by atoms with Crippen molar-refractivity contribution in [1.29, 1.82) is 5.26 Å². The fourth-order valence-corrected chi connectivity index (χ4v) is 3.55. The number of hydrogen-bond acceptors (Lipinski definition) is 4. The number of nitriles is 1. The Labute approximate surface area is 151 Å². The summed E-state index contributed by atoms with van der Waals surface area (Å²) in [6.07, 6.45) is 5.34. The topological polar surface area (TPSA) is 68.6 Å². The number of anilines is 1. The van der Waals surface area contributed by atoms with Crippen LogP contribution >= 0.6 is 0 Å². The van der Waals surface area contributed by atoms with E-state index in [1.807, 2.05) is 12.1 Å². The molecule has 4 rings (SSSR count). The molecule has 0 bridgehead atoms. The van der Waals surface area contributed by atoms with Gasteiger partial charge < -0.3 is 4.90 Å². The Morgan fingerprint density at radius 1 is 1.19 bits per heavy atom. The number of pyridine rings is 1. The molecule has 0 radical (unpaired) electrons. The van der Waals surface area contributed by atoms with E-state index in [1.165, 1.54) is 6.07 Å². The second-order valence-electron chi connectivity index (χ2n) is 6.48. The number of nitrogens with one attached hydrogen (secondary N) is 1. The van der Waals surface area contributed by atoms with Gasteiger partial charge in [0.05, 0.1) is 17.8 Å². The summed E-state index contributed by atoms with van der Waals surface area (Å²) in [5, 5.41) is 16.4. The Morgan fingerprint density at radius 2 is 2.04 bits per heavy atom.